The Balaban J connectivity index is 1.35. The van der Waals surface area contributed by atoms with Crippen LogP contribution in [0.5, 0.6) is 0 Å². The van der Waals surface area contributed by atoms with Gasteiger partial charge in [-0.2, -0.15) is 0 Å². The number of nitrogens with zero attached hydrogens (tertiary/aromatic N) is 4. The number of hydrogen-bond acceptors (Lipinski definition) is 7. The van der Waals surface area contributed by atoms with Crippen LogP contribution in [-0.4, -0.2) is 103 Å². The summed E-state index contributed by atoms with van der Waals surface area (Å²) < 4.78 is 33.4. The SMILES string of the molecule is CC1CN(CC(=O)N2CC(C)(C)c3cnc(Cc4ccc(F)cc4F)cc32)[C@@H](CN2CCOC[C@]2(C)CO)CN1. The largest absolute Gasteiger partial charge is 0.394 e. The zero-order chi connectivity index (χ0) is 28.7. The van der Waals surface area contributed by atoms with Crippen LogP contribution in [0.1, 0.15) is 44.5 Å². The lowest BCUT2D eigenvalue weighted by Gasteiger charge is -2.48. The second-order valence-corrected chi connectivity index (χ2v) is 12.5. The molecule has 3 aliphatic heterocycles. The third-order valence-electron chi connectivity index (χ3n) is 8.72. The van der Waals surface area contributed by atoms with E-state index in [1.807, 2.05) is 17.9 Å². The molecular formula is C30H41F2N5O3. The fraction of sp³-hybridized carbons (Fsp3) is 0.600. The molecule has 0 radical (unpaired) electrons. The van der Waals surface area contributed by atoms with Crippen molar-refractivity contribution in [1.29, 1.82) is 0 Å². The number of pyridine rings is 1. The van der Waals surface area contributed by atoms with Gasteiger partial charge >= 0.3 is 0 Å². The Kier molecular flexibility index (Phi) is 8.27. The van der Waals surface area contributed by atoms with Gasteiger partial charge in [0.2, 0.25) is 5.91 Å². The fourth-order valence-corrected chi connectivity index (χ4v) is 6.18. The molecule has 2 saturated heterocycles. The van der Waals surface area contributed by atoms with E-state index in [4.69, 9.17) is 4.74 Å². The summed E-state index contributed by atoms with van der Waals surface area (Å²) in [4.78, 5) is 24.9. The van der Waals surface area contributed by atoms with Crippen molar-refractivity contribution in [3.8, 4) is 0 Å². The highest BCUT2D eigenvalue weighted by atomic mass is 19.1. The van der Waals surface area contributed by atoms with Gasteiger partial charge in [-0.15, -0.1) is 0 Å². The number of ether oxygens (including phenoxy) is 1. The van der Waals surface area contributed by atoms with E-state index in [0.29, 0.717) is 31.0 Å². The van der Waals surface area contributed by atoms with Crippen molar-refractivity contribution in [2.24, 2.45) is 0 Å². The molecule has 8 nitrogen and oxygen atoms in total. The van der Waals surface area contributed by atoms with Crippen molar-refractivity contribution >= 4 is 11.6 Å². The van der Waals surface area contributed by atoms with Crippen LogP contribution in [0, 0.1) is 11.6 Å². The van der Waals surface area contributed by atoms with Gasteiger partial charge in [-0.25, -0.2) is 8.78 Å². The van der Waals surface area contributed by atoms with Crippen molar-refractivity contribution in [2.75, 3.05) is 64.0 Å². The molecular weight excluding hydrogens is 516 g/mol. The van der Waals surface area contributed by atoms with Gasteiger partial charge in [0, 0.05) is 80.2 Å². The first kappa shape index (κ1) is 29.0. The quantitative estimate of drug-likeness (QED) is 0.541. The number of halogens is 2. The lowest BCUT2D eigenvalue weighted by Crippen LogP contribution is -2.65. The lowest BCUT2D eigenvalue weighted by molar-refractivity contribution is -0.122. The number of amides is 1. The average molecular weight is 558 g/mol. The van der Waals surface area contributed by atoms with Crippen LogP contribution in [0.4, 0.5) is 14.5 Å². The maximum Gasteiger partial charge on any atom is 0.241 e. The summed E-state index contributed by atoms with van der Waals surface area (Å²) in [5.41, 5.74) is 2.07. The fourth-order valence-electron chi connectivity index (χ4n) is 6.18. The van der Waals surface area contributed by atoms with E-state index >= 15 is 0 Å². The molecule has 40 heavy (non-hydrogen) atoms. The molecule has 0 saturated carbocycles. The number of carbonyl (C=O) groups excluding carboxylic acids is 1. The van der Waals surface area contributed by atoms with Crippen LogP contribution in [-0.2, 0) is 21.4 Å². The summed E-state index contributed by atoms with van der Waals surface area (Å²) in [5, 5.41) is 13.6. The van der Waals surface area contributed by atoms with Crippen molar-refractivity contribution in [1.82, 2.24) is 20.1 Å². The average Bonchev–Trinajstić information content (AvgIpc) is 3.18. The van der Waals surface area contributed by atoms with Gasteiger partial charge in [0.25, 0.3) is 0 Å². The molecule has 0 spiro atoms. The summed E-state index contributed by atoms with van der Waals surface area (Å²) in [6, 6.07) is 5.80. The van der Waals surface area contributed by atoms with E-state index in [2.05, 4.69) is 40.9 Å². The standard InChI is InChI=1S/C30H41F2N5O3/c1-20-14-35(24(12-33-20)15-36-7-8-40-19-30(36,4)18-38)16-28(39)37-17-29(2,3)25-13-34-23(11-27(25)37)9-21-5-6-22(31)10-26(21)32/h5-6,10-11,13,20,24,33,38H,7-9,12,14-19H2,1-4H3/t20?,24-,30+/m1/s1. The zero-order valence-electron chi connectivity index (χ0n) is 23.9. The minimum absolute atomic E-state index is 0.0142. The number of aromatic nitrogens is 1. The summed E-state index contributed by atoms with van der Waals surface area (Å²) in [7, 11) is 0. The zero-order valence-corrected chi connectivity index (χ0v) is 23.9. The third kappa shape index (κ3) is 5.92. The number of anilines is 1. The first-order chi connectivity index (χ1) is 19.0. The summed E-state index contributed by atoms with van der Waals surface area (Å²) in [6.45, 7) is 13.3. The number of piperazine rings is 1. The van der Waals surface area contributed by atoms with Crippen molar-refractivity contribution in [2.45, 2.75) is 57.2 Å². The molecule has 2 aromatic rings. The number of aliphatic hydroxyl groups excluding tert-OH is 1. The lowest BCUT2D eigenvalue weighted by atomic mass is 9.88. The van der Waals surface area contributed by atoms with Crippen molar-refractivity contribution < 1.29 is 23.4 Å². The number of fused-ring (bicyclic) bond motifs is 1. The van der Waals surface area contributed by atoms with E-state index in [9.17, 15) is 18.7 Å². The van der Waals surface area contributed by atoms with Gasteiger partial charge < -0.3 is 20.1 Å². The molecule has 1 aromatic carbocycles. The molecule has 2 fully saturated rings. The smallest absolute Gasteiger partial charge is 0.241 e. The molecule has 4 heterocycles. The van der Waals surface area contributed by atoms with E-state index in [1.165, 1.54) is 12.1 Å². The summed E-state index contributed by atoms with van der Waals surface area (Å²) >= 11 is 0. The number of nitrogens with one attached hydrogen (secondary N) is 1. The van der Waals surface area contributed by atoms with Gasteiger partial charge in [0.1, 0.15) is 11.6 Å². The Morgan fingerprint density at radius 3 is 2.80 bits per heavy atom. The Hall–Kier alpha value is -2.50. The minimum Gasteiger partial charge on any atom is -0.394 e. The second kappa shape index (κ2) is 11.4. The number of hydrogen-bond donors (Lipinski definition) is 2. The van der Waals surface area contributed by atoms with E-state index in [-0.39, 0.29) is 43.0 Å². The number of aliphatic hydroxyl groups is 1. The van der Waals surface area contributed by atoms with E-state index < -0.39 is 17.2 Å². The Labute approximate surface area is 235 Å². The van der Waals surface area contributed by atoms with E-state index in [0.717, 1.165) is 43.5 Å². The molecule has 0 bridgehead atoms. The maximum atomic E-state index is 14.3. The van der Waals surface area contributed by atoms with Crippen LogP contribution in [0.3, 0.4) is 0 Å². The Morgan fingerprint density at radius 1 is 1.25 bits per heavy atom. The molecule has 1 aromatic heterocycles. The third-order valence-corrected chi connectivity index (χ3v) is 8.72. The highest BCUT2D eigenvalue weighted by molar-refractivity contribution is 5.97. The predicted octanol–water partition coefficient (Wildman–Crippen LogP) is 2.32. The van der Waals surface area contributed by atoms with Crippen LogP contribution in [0.15, 0.2) is 30.5 Å². The van der Waals surface area contributed by atoms with Crippen molar-refractivity contribution in [3.05, 3.63) is 58.9 Å². The Morgan fingerprint density at radius 2 is 2.05 bits per heavy atom. The van der Waals surface area contributed by atoms with Gasteiger partial charge in [-0.1, -0.05) is 19.9 Å². The topological polar surface area (TPSA) is 81.2 Å². The number of morpholine rings is 1. The molecule has 1 unspecified atom stereocenters. The molecule has 5 rings (SSSR count). The number of carbonyl (C=O) groups is 1. The number of rotatable bonds is 7. The Bertz CT molecular complexity index is 1240. The first-order valence-electron chi connectivity index (χ1n) is 14.1. The minimum atomic E-state index is -0.614. The van der Waals surface area contributed by atoms with Crippen LogP contribution in [0.25, 0.3) is 0 Å². The molecule has 218 valence electrons. The first-order valence-corrected chi connectivity index (χ1v) is 14.1. The molecule has 3 atom stereocenters. The van der Waals surface area contributed by atoms with Gasteiger partial charge in [0.05, 0.1) is 37.6 Å². The normalized spacial score (nSPS) is 27.1. The number of benzene rings is 1. The predicted molar refractivity (Wildman–Crippen MR) is 149 cm³/mol. The molecule has 10 heteroatoms. The van der Waals surface area contributed by atoms with E-state index in [1.54, 1.807) is 6.20 Å². The highest BCUT2D eigenvalue weighted by Crippen LogP contribution is 2.40. The highest BCUT2D eigenvalue weighted by Gasteiger charge is 2.41. The van der Waals surface area contributed by atoms with Gasteiger partial charge in [0.15, 0.2) is 0 Å². The molecule has 2 N–H and O–H groups in total. The molecule has 1 amide bonds. The maximum absolute atomic E-state index is 14.3. The van der Waals surface area contributed by atoms with Crippen LogP contribution < -0.4 is 10.2 Å². The second-order valence-electron chi connectivity index (χ2n) is 12.5. The van der Waals surface area contributed by atoms with Gasteiger partial charge in [-0.3, -0.25) is 19.6 Å². The van der Waals surface area contributed by atoms with Crippen LogP contribution in [0.2, 0.25) is 0 Å². The molecule has 3 aliphatic rings. The van der Waals surface area contributed by atoms with Gasteiger partial charge in [-0.05, 0) is 31.5 Å². The monoisotopic (exact) mass is 557 g/mol. The summed E-state index contributed by atoms with van der Waals surface area (Å²) in [6.07, 6.45) is 2.01. The van der Waals surface area contributed by atoms with Crippen LogP contribution >= 0.6 is 0 Å². The van der Waals surface area contributed by atoms with Crippen molar-refractivity contribution in [3.63, 3.8) is 0 Å². The summed E-state index contributed by atoms with van der Waals surface area (Å²) in [5.74, 6) is -1.20. The molecule has 0 aliphatic carbocycles.